The molecule has 2 aliphatic rings. The van der Waals surface area contributed by atoms with Crippen molar-refractivity contribution in [3.8, 4) is 45.4 Å². The molecular formula is C38H40Cl2N6O5. The summed E-state index contributed by atoms with van der Waals surface area (Å²) in [6.07, 6.45) is 4.18. The molecule has 3 amide bonds. The maximum atomic E-state index is 11.9. The van der Waals surface area contributed by atoms with Crippen molar-refractivity contribution < 1.29 is 23.9 Å². The summed E-state index contributed by atoms with van der Waals surface area (Å²) in [7, 11) is 3.13. The molecule has 4 aromatic rings. The van der Waals surface area contributed by atoms with E-state index in [1.54, 1.807) is 19.1 Å². The number of carbonyl (C=O) groups is 3. The van der Waals surface area contributed by atoms with E-state index in [2.05, 4.69) is 16.0 Å². The van der Waals surface area contributed by atoms with Gasteiger partial charge < -0.3 is 30.3 Å². The molecule has 4 heterocycles. The highest BCUT2D eigenvalue weighted by Crippen LogP contribution is 2.42. The summed E-state index contributed by atoms with van der Waals surface area (Å²) in [4.78, 5) is 46.2. The molecular weight excluding hydrogens is 691 g/mol. The molecule has 0 saturated carbocycles. The van der Waals surface area contributed by atoms with Crippen molar-refractivity contribution in [1.82, 2.24) is 30.8 Å². The molecule has 6 rings (SSSR count). The summed E-state index contributed by atoms with van der Waals surface area (Å²) in [6.45, 7) is 2.01. The van der Waals surface area contributed by atoms with Gasteiger partial charge in [0.1, 0.15) is 0 Å². The van der Waals surface area contributed by atoms with Crippen LogP contribution >= 0.6 is 23.2 Å². The van der Waals surface area contributed by atoms with Crippen molar-refractivity contribution in [2.45, 2.75) is 57.3 Å². The van der Waals surface area contributed by atoms with Gasteiger partial charge in [0.2, 0.25) is 30.0 Å². The molecule has 2 aromatic carbocycles. The summed E-state index contributed by atoms with van der Waals surface area (Å²) >= 11 is 14.2. The number of carbonyl (C=O) groups excluding carboxylic acids is 3. The van der Waals surface area contributed by atoms with Crippen LogP contribution in [0.15, 0.2) is 60.7 Å². The number of benzene rings is 2. The van der Waals surface area contributed by atoms with E-state index >= 15 is 0 Å². The Hall–Kier alpha value is -4.71. The first kappa shape index (κ1) is 36.1. The molecule has 2 fully saturated rings. The second-order valence-electron chi connectivity index (χ2n) is 12.7. The maximum Gasteiger partial charge on any atom is 0.220 e. The molecule has 2 aromatic heterocycles. The molecule has 0 bridgehead atoms. The van der Waals surface area contributed by atoms with Gasteiger partial charge in [0.15, 0.2) is 0 Å². The van der Waals surface area contributed by atoms with Crippen LogP contribution in [0.5, 0.6) is 11.8 Å². The minimum atomic E-state index is 0.0536. The van der Waals surface area contributed by atoms with Crippen LogP contribution in [-0.2, 0) is 27.5 Å². The normalized spacial score (nSPS) is 16.9. The molecule has 0 spiro atoms. The third kappa shape index (κ3) is 8.44. The van der Waals surface area contributed by atoms with Gasteiger partial charge in [-0.2, -0.15) is 0 Å². The zero-order valence-corrected chi connectivity index (χ0v) is 30.0. The lowest BCUT2D eigenvalue weighted by Crippen LogP contribution is -2.35. The van der Waals surface area contributed by atoms with Crippen LogP contribution < -0.4 is 25.4 Å². The van der Waals surface area contributed by atoms with E-state index in [9.17, 15) is 14.4 Å². The third-order valence-electron chi connectivity index (χ3n) is 9.27. The first-order valence-corrected chi connectivity index (χ1v) is 17.7. The third-order valence-corrected chi connectivity index (χ3v) is 10.1. The molecule has 51 heavy (non-hydrogen) atoms. The van der Waals surface area contributed by atoms with E-state index in [-0.39, 0.29) is 23.9 Å². The average Bonchev–Trinajstić information content (AvgIpc) is 3.77. The van der Waals surface area contributed by atoms with E-state index in [1.807, 2.05) is 60.7 Å². The Labute approximate surface area is 307 Å². The number of ether oxygens (including phenoxy) is 2. The number of hydrogen-bond acceptors (Lipinski definition) is 8. The SMILES string of the molecule is COc1nc(-c2cccc(-c3cccc(-c4ccc(CN(C=O)CC[C@@H]5CCC(=O)N5)c(OC)n4)c3Cl)c2Cl)ccc1CNC[C@@H]1CCC(=O)N1. The number of rotatable bonds is 15. The molecule has 2 saturated heterocycles. The highest BCUT2D eigenvalue weighted by molar-refractivity contribution is 6.39. The number of amides is 3. The number of nitrogens with zero attached hydrogens (tertiary/aromatic N) is 3. The van der Waals surface area contributed by atoms with Gasteiger partial charge in [-0.15, -0.1) is 0 Å². The molecule has 0 unspecified atom stereocenters. The summed E-state index contributed by atoms with van der Waals surface area (Å²) in [5.74, 6) is 1.02. The Morgan fingerprint density at radius 3 is 1.84 bits per heavy atom. The van der Waals surface area contributed by atoms with E-state index in [4.69, 9.17) is 42.6 Å². The molecule has 11 nitrogen and oxygen atoms in total. The molecule has 2 aliphatic heterocycles. The lowest BCUT2D eigenvalue weighted by atomic mass is 9.98. The maximum absolute atomic E-state index is 11.9. The standard InChI is InChI=1S/C38H40Cl2N6O5/c1-50-37-23(19-41-20-26-12-16-34(49)43-26)9-13-31(44-37)29-7-3-5-27(35(29)39)28-6-4-8-30(36(28)40)32-14-10-24(38(45-32)51-2)21-46(22-47)18-17-25-11-15-33(48)42-25/h3-10,13-14,22,25-26,41H,11-12,15-21H2,1-2H3,(H,42,48)(H,43,49)/t25-,26-/m0/s1. The van der Waals surface area contributed by atoms with Crippen LogP contribution in [0.2, 0.25) is 10.0 Å². The summed E-state index contributed by atoms with van der Waals surface area (Å²) in [5.41, 5.74) is 5.77. The minimum absolute atomic E-state index is 0.0536. The van der Waals surface area contributed by atoms with Gasteiger partial charge in [-0.05, 0) is 37.5 Å². The van der Waals surface area contributed by atoms with Gasteiger partial charge >= 0.3 is 0 Å². The van der Waals surface area contributed by atoms with Gasteiger partial charge in [-0.1, -0.05) is 65.7 Å². The zero-order chi connectivity index (χ0) is 35.9. The molecule has 13 heteroatoms. The Morgan fingerprint density at radius 1 is 0.784 bits per heavy atom. The second kappa shape index (κ2) is 16.5. The molecule has 0 radical (unpaired) electrons. The van der Waals surface area contributed by atoms with Crippen LogP contribution in [0, 0.1) is 0 Å². The fourth-order valence-electron chi connectivity index (χ4n) is 6.54. The fourth-order valence-corrected chi connectivity index (χ4v) is 7.19. The number of aromatic nitrogens is 2. The topological polar surface area (TPSA) is 135 Å². The zero-order valence-electron chi connectivity index (χ0n) is 28.5. The van der Waals surface area contributed by atoms with Crippen LogP contribution in [0.25, 0.3) is 33.6 Å². The van der Waals surface area contributed by atoms with Crippen LogP contribution in [-0.4, -0.2) is 72.5 Å². The summed E-state index contributed by atoms with van der Waals surface area (Å²) < 4.78 is 11.3. The van der Waals surface area contributed by atoms with Crippen LogP contribution in [0.4, 0.5) is 0 Å². The monoisotopic (exact) mass is 730 g/mol. The van der Waals surface area contributed by atoms with Crippen molar-refractivity contribution in [3.05, 3.63) is 81.8 Å². The molecule has 266 valence electrons. The van der Waals surface area contributed by atoms with Crippen LogP contribution in [0.3, 0.4) is 0 Å². The minimum Gasteiger partial charge on any atom is -0.481 e. The van der Waals surface area contributed by atoms with Crippen molar-refractivity contribution in [2.24, 2.45) is 0 Å². The van der Waals surface area contributed by atoms with Gasteiger partial charge in [-0.25, -0.2) is 9.97 Å². The number of pyridine rings is 2. The molecule has 2 atom stereocenters. The van der Waals surface area contributed by atoms with E-state index in [0.29, 0.717) is 84.2 Å². The largest absolute Gasteiger partial charge is 0.481 e. The summed E-state index contributed by atoms with van der Waals surface area (Å²) in [5, 5.41) is 10.3. The molecule has 0 aliphatic carbocycles. The number of methoxy groups -OCH3 is 2. The average molecular weight is 732 g/mol. The first-order chi connectivity index (χ1) is 24.8. The van der Waals surface area contributed by atoms with Crippen molar-refractivity contribution >= 4 is 41.4 Å². The van der Waals surface area contributed by atoms with E-state index in [0.717, 1.165) is 47.1 Å². The van der Waals surface area contributed by atoms with Gasteiger partial charge in [0, 0.05) is 77.9 Å². The smallest absolute Gasteiger partial charge is 0.220 e. The highest BCUT2D eigenvalue weighted by atomic mass is 35.5. The predicted molar refractivity (Wildman–Crippen MR) is 197 cm³/mol. The van der Waals surface area contributed by atoms with Crippen molar-refractivity contribution in [1.29, 1.82) is 0 Å². The lowest BCUT2D eigenvalue weighted by molar-refractivity contribution is -0.120. The number of halogens is 2. The van der Waals surface area contributed by atoms with Gasteiger partial charge in [-0.3, -0.25) is 14.4 Å². The van der Waals surface area contributed by atoms with Gasteiger partial charge in [0.25, 0.3) is 0 Å². The van der Waals surface area contributed by atoms with E-state index < -0.39 is 0 Å². The second-order valence-corrected chi connectivity index (χ2v) is 13.4. The lowest BCUT2D eigenvalue weighted by Gasteiger charge is -2.21. The Balaban J connectivity index is 1.20. The first-order valence-electron chi connectivity index (χ1n) is 16.9. The van der Waals surface area contributed by atoms with Crippen molar-refractivity contribution in [3.63, 3.8) is 0 Å². The Kier molecular flexibility index (Phi) is 11.7. The Bertz CT molecular complexity index is 1920. The fraction of sp³-hybridized carbons (Fsp3) is 0.342. The van der Waals surface area contributed by atoms with Crippen LogP contribution in [0.1, 0.15) is 43.2 Å². The van der Waals surface area contributed by atoms with E-state index in [1.165, 1.54) is 0 Å². The Morgan fingerprint density at radius 2 is 1.31 bits per heavy atom. The highest BCUT2D eigenvalue weighted by Gasteiger charge is 2.23. The summed E-state index contributed by atoms with van der Waals surface area (Å²) in [6, 6.07) is 19.3. The number of hydrogen-bond donors (Lipinski definition) is 3. The number of nitrogens with one attached hydrogen (secondary N) is 3. The quantitative estimate of drug-likeness (QED) is 0.131. The predicted octanol–water partition coefficient (Wildman–Crippen LogP) is 5.80. The molecule has 3 N–H and O–H groups in total. The van der Waals surface area contributed by atoms with Crippen molar-refractivity contribution in [2.75, 3.05) is 27.3 Å². The van der Waals surface area contributed by atoms with Gasteiger partial charge in [0.05, 0.1) is 42.2 Å².